The van der Waals surface area contributed by atoms with Crippen molar-refractivity contribution in [2.75, 3.05) is 24.1 Å². The van der Waals surface area contributed by atoms with Gasteiger partial charge in [-0.2, -0.15) is 0 Å². The number of rotatable bonds is 6. The smallest absolute Gasteiger partial charge is 0.141 e. The molecule has 1 unspecified atom stereocenters. The number of nitrogens with zero attached hydrogens (tertiary/aromatic N) is 2. The second kappa shape index (κ2) is 13.9. The average molecular weight is 449 g/mol. The van der Waals surface area contributed by atoms with Crippen LogP contribution in [0.25, 0.3) is 0 Å². The minimum Gasteiger partial charge on any atom is -0.457 e. The number of nitrogens with one attached hydrogen (secondary N) is 3. The van der Waals surface area contributed by atoms with E-state index in [1.165, 1.54) is 6.33 Å². The SMILES string of the molecule is CC.CC.N=C(c1ccc(Oc2ccccc2)cc1)c1c(N)ncnc1NC1CCCNC1. The highest BCUT2D eigenvalue weighted by molar-refractivity contribution is 6.16. The first-order valence-electron chi connectivity index (χ1n) is 11.7. The first-order chi connectivity index (χ1) is 16.2. The first-order valence-corrected chi connectivity index (χ1v) is 11.7. The Bertz CT molecular complexity index is 970. The van der Waals surface area contributed by atoms with E-state index in [2.05, 4.69) is 20.6 Å². The van der Waals surface area contributed by atoms with E-state index in [4.69, 9.17) is 15.9 Å². The molecule has 0 radical (unpaired) electrons. The molecule has 7 heteroatoms. The summed E-state index contributed by atoms with van der Waals surface area (Å²) in [4.78, 5) is 8.46. The van der Waals surface area contributed by atoms with Gasteiger partial charge >= 0.3 is 0 Å². The van der Waals surface area contributed by atoms with Crippen molar-refractivity contribution in [3.63, 3.8) is 0 Å². The van der Waals surface area contributed by atoms with Crippen LogP contribution in [0.1, 0.15) is 51.7 Å². The van der Waals surface area contributed by atoms with Crippen molar-refractivity contribution in [2.24, 2.45) is 0 Å². The molecule has 176 valence electrons. The van der Waals surface area contributed by atoms with Crippen LogP contribution in [0.2, 0.25) is 0 Å². The van der Waals surface area contributed by atoms with Gasteiger partial charge in [0.25, 0.3) is 0 Å². The van der Waals surface area contributed by atoms with Gasteiger partial charge in [0.15, 0.2) is 0 Å². The number of nitrogen functional groups attached to an aromatic ring is 1. The van der Waals surface area contributed by atoms with Gasteiger partial charge in [-0.1, -0.05) is 45.9 Å². The minimum absolute atomic E-state index is 0.256. The maximum atomic E-state index is 8.70. The second-order valence-corrected chi connectivity index (χ2v) is 6.98. The third kappa shape index (κ3) is 7.29. The molecule has 0 bridgehead atoms. The predicted octanol–water partition coefficient (Wildman–Crippen LogP) is 5.48. The Hall–Kier alpha value is -3.45. The molecule has 1 aromatic heterocycles. The Balaban J connectivity index is 0.000000914. The Morgan fingerprint density at radius 2 is 1.67 bits per heavy atom. The van der Waals surface area contributed by atoms with E-state index >= 15 is 0 Å². The number of aromatic nitrogens is 2. The molecule has 3 aromatic rings. The zero-order chi connectivity index (χ0) is 24.1. The first kappa shape index (κ1) is 25.8. The molecule has 5 N–H and O–H groups in total. The van der Waals surface area contributed by atoms with E-state index in [0.29, 0.717) is 22.9 Å². The van der Waals surface area contributed by atoms with E-state index in [0.717, 1.165) is 37.2 Å². The lowest BCUT2D eigenvalue weighted by Gasteiger charge is -2.25. The molecule has 1 aliphatic rings. The summed E-state index contributed by atoms with van der Waals surface area (Å²) in [5.74, 6) is 2.36. The number of nitrogens with two attached hydrogens (primary N) is 1. The van der Waals surface area contributed by atoms with Gasteiger partial charge in [-0.15, -0.1) is 0 Å². The normalized spacial score (nSPS) is 14.6. The molecule has 0 amide bonds. The highest BCUT2D eigenvalue weighted by atomic mass is 16.5. The third-order valence-corrected chi connectivity index (χ3v) is 4.89. The van der Waals surface area contributed by atoms with Crippen LogP contribution >= 0.6 is 0 Å². The topological polar surface area (TPSA) is 109 Å². The molecule has 2 aromatic carbocycles. The highest BCUT2D eigenvalue weighted by Crippen LogP contribution is 2.26. The Kier molecular flexibility index (Phi) is 10.8. The Morgan fingerprint density at radius 1 is 1.00 bits per heavy atom. The molecule has 2 heterocycles. The van der Waals surface area contributed by atoms with Gasteiger partial charge in [0, 0.05) is 18.2 Å². The fourth-order valence-corrected chi connectivity index (χ4v) is 3.38. The van der Waals surface area contributed by atoms with Crippen molar-refractivity contribution in [1.29, 1.82) is 5.41 Å². The van der Waals surface area contributed by atoms with Gasteiger partial charge in [0.05, 0.1) is 11.3 Å². The molecule has 0 spiro atoms. The maximum Gasteiger partial charge on any atom is 0.141 e. The van der Waals surface area contributed by atoms with E-state index in [9.17, 15) is 0 Å². The van der Waals surface area contributed by atoms with Crippen molar-refractivity contribution in [1.82, 2.24) is 15.3 Å². The lowest BCUT2D eigenvalue weighted by Crippen LogP contribution is -2.39. The van der Waals surface area contributed by atoms with Crippen molar-refractivity contribution in [2.45, 2.75) is 46.6 Å². The van der Waals surface area contributed by atoms with E-state index in [-0.39, 0.29) is 11.8 Å². The van der Waals surface area contributed by atoms with Crippen LogP contribution in [-0.2, 0) is 0 Å². The van der Waals surface area contributed by atoms with Gasteiger partial charge in [-0.05, 0) is 55.8 Å². The fraction of sp³-hybridized carbons (Fsp3) is 0.346. The standard InChI is InChI=1S/C22H24N6O.2C2H6/c23-20(15-8-10-18(11-9-15)29-17-6-2-1-3-7-17)19-21(24)26-14-27-22(19)28-16-5-4-12-25-13-16;2*1-2/h1-3,6-11,14,16,23,25H,4-5,12-13H2,(H3,24,26,27,28);2*1-2H3. The van der Waals surface area contributed by atoms with E-state index in [1.54, 1.807) is 0 Å². The molecule has 4 rings (SSSR count). The van der Waals surface area contributed by atoms with E-state index < -0.39 is 0 Å². The van der Waals surface area contributed by atoms with Gasteiger partial charge in [0.2, 0.25) is 0 Å². The van der Waals surface area contributed by atoms with Gasteiger partial charge in [-0.3, -0.25) is 5.41 Å². The lowest BCUT2D eigenvalue weighted by molar-refractivity contribution is 0.479. The summed E-state index contributed by atoms with van der Waals surface area (Å²) in [5, 5.41) is 15.5. The molecule has 0 saturated carbocycles. The number of benzene rings is 2. The highest BCUT2D eigenvalue weighted by Gasteiger charge is 2.20. The zero-order valence-corrected chi connectivity index (χ0v) is 20.1. The second-order valence-electron chi connectivity index (χ2n) is 6.98. The van der Waals surface area contributed by atoms with Crippen molar-refractivity contribution in [3.05, 3.63) is 72.1 Å². The minimum atomic E-state index is 0.256. The Labute approximate surface area is 197 Å². The Morgan fingerprint density at radius 3 is 2.30 bits per heavy atom. The predicted molar refractivity (Wildman–Crippen MR) is 138 cm³/mol. The van der Waals surface area contributed by atoms with Gasteiger partial charge in [0.1, 0.15) is 29.5 Å². The number of ether oxygens (including phenoxy) is 1. The number of piperidine rings is 1. The summed E-state index contributed by atoms with van der Waals surface area (Å²) in [6.45, 7) is 9.90. The average Bonchev–Trinajstić information content (AvgIpc) is 2.88. The van der Waals surface area contributed by atoms with Crippen LogP contribution in [-0.4, -0.2) is 34.8 Å². The van der Waals surface area contributed by atoms with Crippen molar-refractivity contribution >= 4 is 17.3 Å². The van der Waals surface area contributed by atoms with Crippen molar-refractivity contribution in [3.8, 4) is 11.5 Å². The van der Waals surface area contributed by atoms with E-state index in [1.807, 2.05) is 82.3 Å². The van der Waals surface area contributed by atoms with Crippen LogP contribution < -0.4 is 21.1 Å². The maximum absolute atomic E-state index is 8.70. The number of hydrogen-bond acceptors (Lipinski definition) is 7. The molecule has 1 atom stereocenters. The molecular formula is C26H36N6O. The molecular weight excluding hydrogens is 412 g/mol. The number of anilines is 2. The summed E-state index contributed by atoms with van der Waals surface area (Å²) in [6.07, 6.45) is 3.59. The molecule has 1 fully saturated rings. The molecule has 1 aliphatic heterocycles. The summed E-state index contributed by atoms with van der Waals surface area (Å²) >= 11 is 0. The van der Waals surface area contributed by atoms with Gasteiger partial charge in [-0.25, -0.2) is 9.97 Å². The van der Waals surface area contributed by atoms with Crippen LogP contribution in [0.5, 0.6) is 11.5 Å². The summed E-state index contributed by atoms with van der Waals surface area (Å²) in [7, 11) is 0. The zero-order valence-electron chi connectivity index (χ0n) is 20.1. The largest absolute Gasteiger partial charge is 0.457 e. The summed E-state index contributed by atoms with van der Waals surface area (Å²) in [6, 6.07) is 17.2. The van der Waals surface area contributed by atoms with Crippen LogP contribution in [0.15, 0.2) is 60.9 Å². The summed E-state index contributed by atoms with van der Waals surface area (Å²) in [5.41, 5.74) is 7.65. The summed E-state index contributed by atoms with van der Waals surface area (Å²) < 4.78 is 5.83. The lowest BCUT2D eigenvalue weighted by atomic mass is 10.0. The monoisotopic (exact) mass is 448 g/mol. The molecule has 0 aliphatic carbocycles. The number of para-hydroxylation sites is 1. The van der Waals surface area contributed by atoms with Crippen LogP contribution in [0.4, 0.5) is 11.6 Å². The molecule has 33 heavy (non-hydrogen) atoms. The van der Waals surface area contributed by atoms with Crippen molar-refractivity contribution < 1.29 is 4.74 Å². The molecule has 1 saturated heterocycles. The van der Waals surface area contributed by atoms with Gasteiger partial charge < -0.3 is 21.1 Å². The van der Waals surface area contributed by atoms with Crippen LogP contribution in [0.3, 0.4) is 0 Å². The quantitative estimate of drug-likeness (QED) is 0.372. The number of hydrogen-bond donors (Lipinski definition) is 4. The fourth-order valence-electron chi connectivity index (χ4n) is 3.38. The molecule has 7 nitrogen and oxygen atoms in total. The van der Waals surface area contributed by atoms with Crippen LogP contribution in [0, 0.1) is 5.41 Å². The third-order valence-electron chi connectivity index (χ3n) is 4.89.